The second-order valence-corrected chi connectivity index (χ2v) is 7.27. The Bertz CT molecular complexity index is 786. The molecule has 0 N–H and O–H groups in total. The van der Waals surface area contributed by atoms with Crippen LogP contribution in [0.3, 0.4) is 0 Å². The first kappa shape index (κ1) is 17.7. The van der Waals surface area contributed by atoms with Crippen LogP contribution >= 0.6 is 15.9 Å². The number of carbonyl (C=O) groups excluding carboxylic acids is 2. The molecule has 1 aliphatic heterocycles. The van der Waals surface area contributed by atoms with Crippen LogP contribution in [0.2, 0.25) is 0 Å². The second-order valence-electron chi connectivity index (χ2n) is 6.48. The molecule has 0 radical (unpaired) electrons. The molecule has 0 bridgehead atoms. The molecule has 0 saturated carbocycles. The van der Waals surface area contributed by atoms with Gasteiger partial charge in [-0.25, -0.2) is 0 Å². The Balaban J connectivity index is 1.87. The molecule has 1 aliphatic rings. The third-order valence-electron chi connectivity index (χ3n) is 4.53. The standard InChI is InChI=1S/C19H21BrN2O3/c1-13-6-5-11-22(12-13)18(23)14-7-3-4-8-15(14)21(2)19(24)16-9-10-17(20)25-16/h3-4,7-10,13H,5-6,11-12H2,1-2H3. The van der Waals surface area contributed by atoms with Crippen molar-refractivity contribution < 1.29 is 14.0 Å². The maximum absolute atomic E-state index is 13.0. The maximum Gasteiger partial charge on any atom is 0.293 e. The Hall–Kier alpha value is -2.08. The molecule has 25 heavy (non-hydrogen) atoms. The molecule has 6 heteroatoms. The number of amides is 2. The molecule has 1 unspecified atom stereocenters. The minimum Gasteiger partial charge on any atom is -0.444 e. The SMILES string of the molecule is CC1CCCN(C(=O)c2ccccc2N(C)C(=O)c2ccc(Br)o2)C1. The number of piperidine rings is 1. The molecule has 2 heterocycles. The van der Waals surface area contributed by atoms with Crippen molar-refractivity contribution in [2.75, 3.05) is 25.0 Å². The van der Waals surface area contributed by atoms with E-state index >= 15 is 0 Å². The van der Waals surface area contributed by atoms with Crippen molar-refractivity contribution in [1.29, 1.82) is 0 Å². The number of hydrogen-bond donors (Lipinski definition) is 0. The zero-order chi connectivity index (χ0) is 18.0. The van der Waals surface area contributed by atoms with Crippen LogP contribution in [0.1, 0.15) is 40.7 Å². The summed E-state index contributed by atoms with van der Waals surface area (Å²) < 4.78 is 5.84. The number of furan rings is 1. The van der Waals surface area contributed by atoms with Crippen molar-refractivity contribution in [2.45, 2.75) is 19.8 Å². The summed E-state index contributed by atoms with van der Waals surface area (Å²) in [6.07, 6.45) is 2.17. The van der Waals surface area contributed by atoms with Crippen LogP contribution in [0.5, 0.6) is 0 Å². The zero-order valence-corrected chi connectivity index (χ0v) is 16.0. The minimum atomic E-state index is -0.294. The van der Waals surface area contributed by atoms with Gasteiger partial charge in [-0.2, -0.15) is 0 Å². The Morgan fingerprint density at radius 1 is 1.24 bits per heavy atom. The van der Waals surface area contributed by atoms with E-state index in [2.05, 4.69) is 22.9 Å². The average molecular weight is 405 g/mol. The van der Waals surface area contributed by atoms with Gasteiger partial charge >= 0.3 is 0 Å². The van der Waals surface area contributed by atoms with Gasteiger partial charge in [-0.05, 0) is 59.0 Å². The third kappa shape index (κ3) is 3.79. The Morgan fingerprint density at radius 3 is 2.68 bits per heavy atom. The van der Waals surface area contributed by atoms with Gasteiger partial charge in [0.2, 0.25) is 0 Å². The van der Waals surface area contributed by atoms with E-state index in [1.54, 1.807) is 31.3 Å². The normalized spacial score (nSPS) is 17.4. The zero-order valence-electron chi connectivity index (χ0n) is 14.4. The van der Waals surface area contributed by atoms with E-state index in [1.807, 2.05) is 17.0 Å². The van der Waals surface area contributed by atoms with E-state index in [-0.39, 0.29) is 17.6 Å². The van der Waals surface area contributed by atoms with Crippen LogP contribution < -0.4 is 4.90 Å². The first-order chi connectivity index (χ1) is 12.0. The predicted molar refractivity (Wildman–Crippen MR) is 99.9 cm³/mol. The van der Waals surface area contributed by atoms with E-state index < -0.39 is 0 Å². The highest BCUT2D eigenvalue weighted by molar-refractivity contribution is 9.10. The van der Waals surface area contributed by atoms with Gasteiger partial charge in [-0.1, -0.05) is 19.1 Å². The number of hydrogen-bond acceptors (Lipinski definition) is 3. The lowest BCUT2D eigenvalue weighted by atomic mass is 9.99. The van der Waals surface area contributed by atoms with Crippen molar-refractivity contribution in [3.8, 4) is 0 Å². The average Bonchev–Trinajstić information content (AvgIpc) is 3.06. The second kappa shape index (κ2) is 7.44. The van der Waals surface area contributed by atoms with E-state index in [4.69, 9.17) is 4.42 Å². The molecule has 1 aromatic carbocycles. The number of para-hydroxylation sites is 1. The van der Waals surface area contributed by atoms with Gasteiger partial charge in [0, 0.05) is 20.1 Å². The minimum absolute atomic E-state index is 0.0255. The molecule has 2 amide bonds. The quantitative estimate of drug-likeness (QED) is 0.770. The number of benzene rings is 1. The smallest absolute Gasteiger partial charge is 0.293 e. The van der Waals surface area contributed by atoms with Crippen molar-refractivity contribution in [1.82, 2.24) is 4.90 Å². The summed E-state index contributed by atoms with van der Waals surface area (Å²) in [6.45, 7) is 3.69. The summed E-state index contributed by atoms with van der Waals surface area (Å²) in [5, 5.41) is 0. The van der Waals surface area contributed by atoms with Gasteiger partial charge in [0.25, 0.3) is 11.8 Å². The van der Waals surface area contributed by atoms with Crippen molar-refractivity contribution >= 4 is 33.4 Å². The lowest BCUT2D eigenvalue weighted by molar-refractivity contribution is 0.0684. The lowest BCUT2D eigenvalue weighted by Gasteiger charge is -2.32. The number of carbonyl (C=O) groups is 2. The van der Waals surface area contributed by atoms with Crippen LogP contribution in [-0.4, -0.2) is 36.9 Å². The Labute approximate surface area is 155 Å². The summed E-state index contributed by atoms with van der Waals surface area (Å²) in [6, 6.07) is 10.5. The summed E-state index contributed by atoms with van der Waals surface area (Å²) >= 11 is 3.20. The lowest BCUT2D eigenvalue weighted by Crippen LogP contribution is -2.40. The summed E-state index contributed by atoms with van der Waals surface area (Å²) in [7, 11) is 1.66. The number of nitrogens with zero attached hydrogens (tertiary/aromatic N) is 2. The molecule has 5 nitrogen and oxygen atoms in total. The molecule has 1 fully saturated rings. The molecule has 1 atom stereocenters. The fourth-order valence-electron chi connectivity index (χ4n) is 3.20. The summed E-state index contributed by atoms with van der Waals surface area (Å²) in [4.78, 5) is 29.0. The largest absolute Gasteiger partial charge is 0.444 e. The van der Waals surface area contributed by atoms with Crippen molar-refractivity contribution in [3.63, 3.8) is 0 Å². The Kier molecular flexibility index (Phi) is 5.27. The van der Waals surface area contributed by atoms with E-state index in [1.165, 1.54) is 4.90 Å². The van der Waals surface area contributed by atoms with Gasteiger partial charge in [-0.15, -0.1) is 0 Å². The van der Waals surface area contributed by atoms with Crippen LogP contribution in [0.25, 0.3) is 0 Å². The summed E-state index contributed by atoms with van der Waals surface area (Å²) in [5.41, 5.74) is 1.13. The molecule has 132 valence electrons. The highest BCUT2D eigenvalue weighted by atomic mass is 79.9. The number of rotatable bonds is 3. The van der Waals surface area contributed by atoms with Gasteiger partial charge < -0.3 is 14.2 Å². The molecule has 2 aromatic rings. The predicted octanol–water partition coefficient (Wildman–Crippen LogP) is 4.19. The van der Waals surface area contributed by atoms with Crippen LogP contribution in [0.4, 0.5) is 5.69 Å². The third-order valence-corrected chi connectivity index (χ3v) is 4.95. The Morgan fingerprint density at radius 2 is 2.00 bits per heavy atom. The molecular formula is C19H21BrN2O3. The fourth-order valence-corrected chi connectivity index (χ4v) is 3.50. The number of halogens is 1. The van der Waals surface area contributed by atoms with Crippen LogP contribution in [0.15, 0.2) is 45.5 Å². The highest BCUT2D eigenvalue weighted by Gasteiger charge is 2.26. The van der Waals surface area contributed by atoms with Crippen LogP contribution in [0, 0.1) is 5.92 Å². The van der Waals surface area contributed by atoms with Gasteiger partial charge in [0.15, 0.2) is 10.4 Å². The highest BCUT2D eigenvalue weighted by Crippen LogP contribution is 2.26. The molecule has 1 saturated heterocycles. The number of anilines is 1. The fraction of sp³-hybridized carbons (Fsp3) is 0.368. The van der Waals surface area contributed by atoms with E-state index in [0.717, 1.165) is 25.9 Å². The molecule has 1 aromatic heterocycles. The molecule has 3 rings (SSSR count). The maximum atomic E-state index is 13.0. The van der Waals surface area contributed by atoms with Crippen molar-refractivity contribution in [3.05, 3.63) is 52.4 Å². The van der Waals surface area contributed by atoms with E-state index in [9.17, 15) is 9.59 Å². The molecule has 0 spiro atoms. The van der Waals surface area contributed by atoms with Gasteiger partial charge in [0.05, 0.1) is 11.3 Å². The molecular weight excluding hydrogens is 384 g/mol. The van der Waals surface area contributed by atoms with Crippen LogP contribution in [-0.2, 0) is 0 Å². The topological polar surface area (TPSA) is 53.8 Å². The monoisotopic (exact) mass is 404 g/mol. The van der Waals surface area contributed by atoms with Gasteiger partial charge in [-0.3, -0.25) is 9.59 Å². The van der Waals surface area contributed by atoms with Gasteiger partial charge in [0.1, 0.15) is 0 Å². The summed E-state index contributed by atoms with van der Waals surface area (Å²) in [5.74, 6) is 0.410. The first-order valence-electron chi connectivity index (χ1n) is 8.39. The molecule has 0 aliphatic carbocycles. The number of likely N-dealkylation sites (tertiary alicyclic amines) is 1. The van der Waals surface area contributed by atoms with E-state index in [0.29, 0.717) is 21.8 Å². The first-order valence-corrected chi connectivity index (χ1v) is 9.18. The van der Waals surface area contributed by atoms with Crippen molar-refractivity contribution in [2.24, 2.45) is 5.92 Å².